The summed E-state index contributed by atoms with van der Waals surface area (Å²) in [5, 5.41) is 3.77. The number of nitrogens with two attached hydrogens (primary N) is 1. The van der Waals surface area contributed by atoms with Gasteiger partial charge in [-0.05, 0) is 61.5 Å². The second kappa shape index (κ2) is 7.93. The van der Waals surface area contributed by atoms with Crippen molar-refractivity contribution in [1.82, 2.24) is 9.78 Å². The average molecular weight is 391 g/mol. The normalized spacial score (nSPS) is 12.6. The number of alkyl halides is 3. The van der Waals surface area contributed by atoms with Gasteiger partial charge in [-0.2, -0.15) is 18.3 Å². The zero-order chi connectivity index (χ0) is 20.3. The molecule has 0 fully saturated rings. The van der Waals surface area contributed by atoms with Gasteiger partial charge in [-0.25, -0.2) is 4.68 Å². The highest BCUT2D eigenvalue weighted by Gasteiger charge is 2.35. The molecule has 0 aliphatic heterocycles. The van der Waals surface area contributed by atoms with E-state index in [4.69, 9.17) is 15.2 Å². The standard InChI is InChI=1S/C20H20F3N3O2/c1-13(24)12-28-17-7-3-14(4-8-17)18-11-19(20(21,22)23)25-26(18)15-5-9-16(27-2)10-6-15/h3-11,13H,12,24H2,1-2H3. The Kier molecular flexibility index (Phi) is 5.60. The van der Waals surface area contributed by atoms with Crippen molar-refractivity contribution >= 4 is 0 Å². The SMILES string of the molecule is COc1ccc(-n2nc(C(F)(F)F)cc2-c2ccc(OCC(C)N)cc2)cc1. The van der Waals surface area contributed by atoms with Crippen LogP contribution in [0.1, 0.15) is 12.6 Å². The number of ether oxygens (including phenoxy) is 2. The van der Waals surface area contributed by atoms with E-state index < -0.39 is 11.9 Å². The van der Waals surface area contributed by atoms with E-state index in [1.165, 1.54) is 11.8 Å². The predicted molar refractivity (Wildman–Crippen MR) is 99.7 cm³/mol. The summed E-state index contributed by atoms with van der Waals surface area (Å²) in [5.74, 6) is 1.19. The van der Waals surface area contributed by atoms with Crippen LogP contribution in [0.2, 0.25) is 0 Å². The van der Waals surface area contributed by atoms with Crippen LogP contribution in [0.25, 0.3) is 16.9 Å². The summed E-state index contributed by atoms with van der Waals surface area (Å²) in [6.45, 7) is 2.17. The Morgan fingerprint density at radius 3 is 2.18 bits per heavy atom. The van der Waals surface area contributed by atoms with Crippen molar-refractivity contribution in [2.45, 2.75) is 19.1 Å². The van der Waals surface area contributed by atoms with Crippen LogP contribution in [0, 0.1) is 0 Å². The Hall–Kier alpha value is -3.00. The molecule has 5 nitrogen and oxygen atoms in total. The maximum Gasteiger partial charge on any atom is 0.435 e. The van der Waals surface area contributed by atoms with Gasteiger partial charge in [-0.15, -0.1) is 0 Å². The highest BCUT2D eigenvalue weighted by Crippen LogP contribution is 2.34. The maximum atomic E-state index is 13.2. The molecule has 0 aliphatic rings. The Morgan fingerprint density at radius 1 is 1.04 bits per heavy atom. The van der Waals surface area contributed by atoms with E-state index in [-0.39, 0.29) is 6.04 Å². The molecule has 148 valence electrons. The summed E-state index contributed by atoms with van der Waals surface area (Å²) in [7, 11) is 1.52. The predicted octanol–water partition coefficient (Wildman–Crippen LogP) is 4.29. The lowest BCUT2D eigenvalue weighted by Crippen LogP contribution is -2.23. The van der Waals surface area contributed by atoms with Gasteiger partial charge in [0.25, 0.3) is 0 Å². The van der Waals surface area contributed by atoms with Gasteiger partial charge in [0, 0.05) is 11.6 Å². The Morgan fingerprint density at radius 2 is 1.64 bits per heavy atom. The Balaban J connectivity index is 2.00. The summed E-state index contributed by atoms with van der Waals surface area (Å²) in [5.41, 5.74) is 6.08. The quantitative estimate of drug-likeness (QED) is 0.681. The van der Waals surface area contributed by atoms with Crippen LogP contribution in [0.4, 0.5) is 13.2 Å². The molecule has 28 heavy (non-hydrogen) atoms. The number of hydrogen-bond donors (Lipinski definition) is 1. The first-order valence-corrected chi connectivity index (χ1v) is 8.58. The van der Waals surface area contributed by atoms with Gasteiger partial charge in [0.05, 0.1) is 18.5 Å². The lowest BCUT2D eigenvalue weighted by Gasteiger charge is -2.11. The summed E-state index contributed by atoms with van der Waals surface area (Å²) in [4.78, 5) is 0. The Bertz CT molecular complexity index is 917. The van der Waals surface area contributed by atoms with Crippen molar-refractivity contribution in [2.75, 3.05) is 13.7 Å². The monoisotopic (exact) mass is 391 g/mol. The van der Waals surface area contributed by atoms with E-state index in [1.807, 2.05) is 6.92 Å². The van der Waals surface area contributed by atoms with Crippen LogP contribution in [0.15, 0.2) is 54.6 Å². The lowest BCUT2D eigenvalue weighted by atomic mass is 10.1. The minimum Gasteiger partial charge on any atom is -0.497 e. The molecule has 3 rings (SSSR count). The first-order chi connectivity index (χ1) is 13.3. The number of hydrogen-bond acceptors (Lipinski definition) is 4. The van der Waals surface area contributed by atoms with E-state index in [0.29, 0.717) is 35.1 Å². The van der Waals surface area contributed by atoms with Crippen molar-refractivity contribution in [2.24, 2.45) is 5.73 Å². The molecule has 8 heteroatoms. The molecule has 3 aromatic rings. The number of nitrogens with zero attached hydrogens (tertiary/aromatic N) is 2. The van der Waals surface area contributed by atoms with Gasteiger partial charge < -0.3 is 15.2 Å². The van der Waals surface area contributed by atoms with Gasteiger partial charge in [0.2, 0.25) is 0 Å². The van der Waals surface area contributed by atoms with Crippen molar-refractivity contribution in [1.29, 1.82) is 0 Å². The molecule has 2 aromatic carbocycles. The topological polar surface area (TPSA) is 62.3 Å². The summed E-state index contributed by atoms with van der Waals surface area (Å²) >= 11 is 0. The third-order valence-electron chi connectivity index (χ3n) is 3.98. The van der Waals surface area contributed by atoms with Gasteiger partial charge in [0.1, 0.15) is 18.1 Å². The van der Waals surface area contributed by atoms with Crippen LogP contribution in [0.3, 0.4) is 0 Å². The molecule has 0 spiro atoms. The van der Waals surface area contributed by atoms with Crippen molar-refractivity contribution < 1.29 is 22.6 Å². The number of halogens is 3. The Labute approximate surface area is 160 Å². The molecule has 0 radical (unpaired) electrons. The van der Waals surface area contributed by atoms with Gasteiger partial charge in [0.15, 0.2) is 5.69 Å². The van der Waals surface area contributed by atoms with Gasteiger partial charge >= 0.3 is 6.18 Å². The van der Waals surface area contributed by atoms with E-state index in [0.717, 1.165) is 6.07 Å². The van der Waals surface area contributed by atoms with Crippen LogP contribution in [0.5, 0.6) is 11.5 Å². The van der Waals surface area contributed by atoms with Crippen LogP contribution in [-0.4, -0.2) is 29.5 Å². The highest BCUT2D eigenvalue weighted by molar-refractivity contribution is 5.64. The zero-order valence-electron chi connectivity index (χ0n) is 15.4. The number of rotatable bonds is 6. The third-order valence-corrected chi connectivity index (χ3v) is 3.98. The molecule has 1 heterocycles. The average Bonchev–Trinajstić information content (AvgIpc) is 3.13. The van der Waals surface area contributed by atoms with Gasteiger partial charge in [-0.1, -0.05) is 0 Å². The maximum absolute atomic E-state index is 13.2. The molecule has 1 unspecified atom stereocenters. The molecule has 0 amide bonds. The molecule has 1 aromatic heterocycles. The van der Waals surface area contributed by atoms with E-state index in [2.05, 4.69) is 5.10 Å². The molecule has 1 atom stereocenters. The first-order valence-electron chi connectivity index (χ1n) is 8.58. The second-order valence-corrected chi connectivity index (χ2v) is 6.34. The van der Waals surface area contributed by atoms with E-state index >= 15 is 0 Å². The number of aromatic nitrogens is 2. The fraction of sp³-hybridized carbons (Fsp3) is 0.250. The molecule has 0 aliphatic carbocycles. The number of benzene rings is 2. The molecule has 0 bridgehead atoms. The summed E-state index contributed by atoms with van der Waals surface area (Å²) < 4.78 is 51.6. The highest BCUT2D eigenvalue weighted by atomic mass is 19.4. The molecule has 0 saturated heterocycles. The van der Waals surface area contributed by atoms with E-state index in [9.17, 15) is 13.2 Å². The van der Waals surface area contributed by atoms with Crippen molar-refractivity contribution in [3.05, 3.63) is 60.3 Å². The third kappa shape index (κ3) is 4.45. The molecule has 0 saturated carbocycles. The number of methoxy groups -OCH3 is 1. The van der Waals surface area contributed by atoms with Crippen LogP contribution in [-0.2, 0) is 6.18 Å². The summed E-state index contributed by atoms with van der Waals surface area (Å²) in [6, 6.07) is 14.3. The van der Waals surface area contributed by atoms with E-state index in [1.54, 1.807) is 48.5 Å². The molecule has 2 N–H and O–H groups in total. The summed E-state index contributed by atoms with van der Waals surface area (Å²) in [6.07, 6.45) is -4.55. The lowest BCUT2D eigenvalue weighted by molar-refractivity contribution is -0.141. The minimum atomic E-state index is -4.55. The van der Waals surface area contributed by atoms with Crippen molar-refractivity contribution in [3.63, 3.8) is 0 Å². The zero-order valence-corrected chi connectivity index (χ0v) is 15.4. The van der Waals surface area contributed by atoms with Crippen LogP contribution >= 0.6 is 0 Å². The first kappa shape index (κ1) is 19.8. The fourth-order valence-corrected chi connectivity index (χ4v) is 2.60. The molecular weight excluding hydrogens is 371 g/mol. The van der Waals surface area contributed by atoms with Crippen LogP contribution < -0.4 is 15.2 Å². The minimum absolute atomic E-state index is 0.120. The van der Waals surface area contributed by atoms with Crippen molar-refractivity contribution in [3.8, 4) is 28.4 Å². The van der Waals surface area contributed by atoms with Gasteiger partial charge in [-0.3, -0.25) is 0 Å². The fourth-order valence-electron chi connectivity index (χ4n) is 2.60. The second-order valence-electron chi connectivity index (χ2n) is 6.34. The molecular formula is C20H20F3N3O2. The smallest absolute Gasteiger partial charge is 0.435 e. The largest absolute Gasteiger partial charge is 0.497 e.